The minimum atomic E-state index is -0.588. The van der Waals surface area contributed by atoms with E-state index in [1.807, 2.05) is 19.1 Å². The Morgan fingerprint density at radius 3 is 2.38 bits per heavy atom. The Labute approximate surface area is 160 Å². The highest BCUT2D eigenvalue weighted by Crippen LogP contribution is 2.20. The van der Waals surface area contributed by atoms with E-state index in [4.69, 9.17) is 23.2 Å². The van der Waals surface area contributed by atoms with Gasteiger partial charge in [0, 0.05) is 23.6 Å². The zero-order valence-corrected chi connectivity index (χ0v) is 15.4. The Morgan fingerprint density at radius 1 is 0.923 bits per heavy atom. The summed E-state index contributed by atoms with van der Waals surface area (Å²) in [6.45, 7) is 1.96. The molecule has 0 spiro atoms. The van der Waals surface area contributed by atoms with Crippen LogP contribution < -0.4 is 16.2 Å². The summed E-state index contributed by atoms with van der Waals surface area (Å²) in [7, 11) is 0. The summed E-state index contributed by atoms with van der Waals surface area (Å²) >= 11 is 11.7. The molecule has 2 aromatic carbocycles. The molecule has 8 heteroatoms. The largest absolute Gasteiger partial charge is 0.352 e. The predicted octanol–water partition coefficient (Wildman–Crippen LogP) is 2.88. The Balaban J connectivity index is 1.77. The van der Waals surface area contributed by atoms with Gasteiger partial charge in [0.2, 0.25) is 5.91 Å². The fraction of sp³-hybridized carbons (Fsp3) is 0.167. The lowest BCUT2D eigenvalue weighted by atomic mass is 10.1. The summed E-state index contributed by atoms with van der Waals surface area (Å²) in [6, 6.07) is 11.6. The molecule has 0 fully saturated rings. The number of rotatable bonds is 5. The summed E-state index contributed by atoms with van der Waals surface area (Å²) in [6.07, 6.45) is 0.00117. The fourth-order valence-corrected chi connectivity index (χ4v) is 2.52. The average molecular weight is 394 g/mol. The summed E-state index contributed by atoms with van der Waals surface area (Å²) in [5.41, 5.74) is 6.06. The van der Waals surface area contributed by atoms with Crippen LogP contribution in [-0.4, -0.2) is 24.3 Å². The van der Waals surface area contributed by atoms with Crippen LogP contribution in [0.3, 0.4) is 0 Å². The van der Waals surface area contributed by atoms with Crippen LogP contribution in [0, 0.1) is 6.92 Å². The first-order chi connectivity index (χ1) is 12.4. The minimum Gasteiger partial charge on any atom is -0.352 e. The average Bonchev–Trinajstić information content (AvgIpc) is 2.62. The first-order valence-corrected chi connectivity index (χ1v) is 8.52. The molecule has 0 atom stereocenters. The van der Waals surface area contributed by atoms with Crippen molar-refractivity contribution in [2.45, 2.75) is 13.3 Å². The number of benzene rings is 2. The second-order valence-corrected chi connectivity index (χ2v) is 6.29. The van der Waals surface area contributed by atoms with E-state index in [9.17, 15) is 14.4 Å². The van der Waals surface area contributed by atoms with Gasteiger partial charge in [-0.25, -0.2) is 0 Å². The van der Waals surface area contributed by atoms with Crippen molar-refractivity contribution in [2.24, 2.45) is 0 Å². The maximum atomic E-state index is 12.0. The van der Waals surface area contributed by atoms with Crippen molar-refractivity contribution in [1.82, 2.24) is 16.2 Å². The SMILES string of the molecule is Cc1ccccc1C(=O)NCCC(=O)NNC(=O)c1cc(Cl)ccc1Cl. The van der Waals surface area contributed by atoms with Crippen molar-refractivity contribution in [3.8, 4) is 0 Å². The van der Waals surface area contributed by atoms with E-state index in [1.54, 1.807) is 18.2 Å². The van der Waals surface area contributed by atoms with Gasteiger partial charge in [-0.3, -0.25) is 25.2 Å². The first-order valence-electron chi connectivity index (χ1n) is 7.76. The molecule has 136 valence electrons. The second kappa shape index (κ2) is 9.22. The zero-order chi connectivity index (χ0) is 19.1. The van der Waals surface area contributed by atoms with Gasteiger partial charge >= 0.3 is 0 Å². The van der Waals surface area contributed by atoms with Gasteiger partial charge in [0.1, 0.15) is 0 Å². The third-order valence-electron chi connectivity index (χ3n) is 3.52. The molecule has 0 saturated carbocycles. The Hall–Kier alpha value is -2.57. The van der Waals surface area contributed by atoms with Crippen LogP contribution in [0.2, 0.25) is 10.0 Å². The number of aryl methyl sites for hydroxylation is 1. The summed E-state index contributed by atoms with van der Waals surface area (Å²) in [5, 5.41) is 3.22. The summed E-state index contributed by atoms with van der Waals surface area (Å²) in [4.78, 5) is 35.8. The Kier molecular flexibility index (Phi) is 7.00. The van der Waals surface area contributed by atoms with Gasteiger partial charge in [0.05, 0.1) is 10.6 Å². The topological polar surface area (TPSA) is 87.3 Å². The number of carbonyl (C=O) groups is 3. The molecule has 2 rings (SSSR count). The number of hydrazine groups is 1. The molecule has 2 aromatic rings. The maximum Gasteiger partial charge on any atom is 0.271 e. The molecule has 3 amide bonds. The normalized spacial score (nSPS) is 10.1. The molecule has 0 heterocycles. The molecule has 0 aromatic heterocycles. The molecule has 0 radical (unpaired) electrons. The Bertz CT molecular complexity index is 840. The Morgan fingerprint density at radius 2 is 1.65 bits per heavy atom. The van der Waals surface area contributed by atoms with Crippen molar-refractivity contribution < 1.29 is 14.4 Å². The van der Waals surface area contributed by atoms with Crippen LogP contribution in [0.15, 0.2) is 42.5 Å². The lowest BCUT2D eigenvalue weighted by Crippen LogP contribution is -2.43. The maximum absolute atomic E-state index is 12.0. The smallest absolute Gasteiger partial charge is 0.271 e. The number of amides is 3. The van der Waals surface area contributed by atoms with Gasteiger partial charge in [0.25, 0.3) is 11.8 Å². The third-order valence-corrected chi connectivity index (χ3v) is 4.08. The molecule has 0 aliphatic heterocycles. The molecule has 3 N–H and O–H groups in total. The van der Waals surface area contributed by atoms with Crippen molar-refractivity contribution >= 4 is 40.9 Å². The van der Waals surface area contributed by atoms with Gasteiger partial charge in [0.15, 0.2) is 0 Å². The molecular formula is C18H17Cl2N3O3. The van der Waals surface area contributed by atoms with Crippen molar-refractivity contribution in [3.05, 3.63) is 69.2 Å². The van der Waals surface area contributed by atoms with Crippen molar-refractivity contribution in [2.75, 3.05) is 6.54 Å². The number of hydrogen-bond acceptors (Lipinski definition) is 3. The van der Waals surface area contributed by atoms with E-state index >= 15 is 0 Å². The van der Waals surface area contributed by atoms with Gasteiger partial charge in [-0.15, -0.1) is 0 Å². The molecule has 0 bridgehead atoms. The number of hydrogen-bond donors (Lipinski definition) is 3. The highest BCUT2D eigenvalue weighted by atomic mass is 35.5. The first kappa shape index (κ1) is 19.8. The quantitative estimate of drug-likeness (QED) is 0.682. The van der Waals surface area contributed by atoms with Crippen molar-refractivity contribution in [3.63, 3.8) is 0 Å². The van der Waals surface area contributed by atoms with Gasteiger partial charge in [-0.05, 0) is 36.8 Å². The van der Waals surface area contributed by atoms with Crippen LogP contribution in [0.5, 0.6) is 0 Å². The van der Waals surface area contributed by atoms with E-state index in [1.165, 1.54) is 12.1 Å². The zero-order valence-electron chi connectivity index (χ0n) is 13.9. The van der Waals surface area contributed by atoms with E-state index in [-0.39, 0.29) is 29.5 Å². The van der Waals surface area contributed by atoms with Crippen molar-refractivity contribution in [1.29, 1.82) is 0 Å². The van der Waals surface area contributed by atoms with Crippen LogP contribution in [-0.2, 0) is 4.79 Å². The fourth-order valence-electron chi connectivity index (χ4n) is 2.14. The minimum absolute atomic E-state index is 0.00117. The van der Waals surface area contributed by atoms with Gasteiger partial charge < -0.3 is 5.32 Å². The summed E-state index contributed by atoms with van der Waals surface area (Å²) in [5.74, 6) is -1.30. The molecule has 0 aliphatic rings. The van der Waals surface area contributed by atoms with Crippen LogP contribution in [0.4, 0.5) is 0 Å². The lowest BCUT2D eigenvalue weighted by molar-refractivity contribution is -0.121. The highest BCUT2D eigenvalue weighted by Gasteiger charge is 2.12. The van der Waals surface area contributed by atoms with E-state index in [2.05, 4.69) is 16.2 Å². The van der Waals surface area contributed by atoms with Crippen LogP contribution >= 0.6 is 23.2 Å². The lowest BCUT2D eigenvalue weighted by Gasteiger charge is -2.10. The third kappa shape index (κ3) is 5.47. The van der Waals surface area contributed by atoms with E-state index in [0.717, 1.165) is 5.56 Å². The van der Waals surface area contributed by atoms with Gasteiger partial charge in [-0.1, -0.05) is 41.4 Å². The molecule has 6 nitrogen and oxygen atoms in total. The molecule has 26 heavy (non-hydrogen) atoms. The predicted molar refractivity (Wildman–Crippen MR) is 100 cm³/mol. The van der Waals surface area contributed by atoms with Crippen LogP contribution in [0.1, 0.15) is 32.7 Å². The van der Waals surface area contributed by atoms with Gasteiger partial charge in [-0.2, -0.15) is 0 Å². The highest BCUT2D eigenvalue weighted by molar-refractivity contribution is 6.35. The monoisotopic (exact) mass is 393 g/mol. The summed E-state index contributed by atoms with van der Waals surface area (Å²) < 4.78 is 0. The molecule has 0 aliphatic carbocycles. The number of nitrogens with one attached hydrogen (secondary N) is 3. The number of carbonyl (C=O) groups excluding carboxylic acids is 3. The van der Waals surface area contributed by atoms with Crippen LogP contribution in [0.25, 0.3) is 0 Å². The molecule has 0 unspecified atom stereocenters. The standard InChI is InChI=1S/C18H17Cl2N3O3/c1-11-4-2-3-5-13(11)17(25)21-9-8-16(24)22-23-18(26)14-10-12(19)6-7-15(14)20/h2-7,10H,8-9H2,1H3,(H,21,25)(H,22,24)(H,23,26). The molecule has 0 saturated heterocycles. The number of halogens is 2. The van der Waals surface area contributed by atoms with E-state index < -0.39 is 11.8 Å². The second-order valence-electron chi connectivity index (χ2n) is 5.45. The molecular weight excluding hydrogens is 377 g/mol. The van der Waals surface area contributed by atoms with E-state index in [0.29, 0.717) is 10.6 Å².